The molecule has 0 saturated carbocycles. The van der Waals surface area contributed by atoms with Crippen LogP contribution in [0.15, 0.2) is 0 Å². The molecule has 0 radical (unpaired) electrons. The van der Waals surface area contributed by atoms with Gasteiger partial charge in [0.1, 0.15) is 0 Å². The van der Waals surface area contributed by atoms with Crippen molar-refractivity contribution in [3.8, 4) is 6.07 Å². The number of hydrogen-bond acceptors (Lipinski definition) is 4. The quantitative estimate of drug-likeness (QED) is 0.395. The summed E-state index contributed by atoms with van der Waals surface area (Å²) < 4.78 is 28.2. The maximum atomic E-state index is 10.0. The summed E-state index contributed by atoms with van der Waals surface area (Å²) in [5.74, 6) is 0.270. The molecule has 0 aromatic rings. The average Bonchev–Trinajstić information content (AvgIpc) is 1.78. The van der Waals surface area contributed by atoms with Crippen LogP contribution >= 0.6 is 10.8 Å². The van der Waals surface area contributed by atoms with Crippen LogP contribution in [0.5, 0.6) is 0 Å². The molecule has 0 saturated heterocycles. The summed E-state index contributed by atoms with van der Waals surface area (Å²) >= 11 is 0. The van der Waals surface area contributed by atoms with Gasteiger partial charge in [0.25, 0.3) is 0 Å². The first-order valence-electron chi connectivity index (χ1n) is 2.55. The monoisotopic (exact) mass is 181 g/mol. The van der Waals surface area contributed by atoms with E-state index in [0.717, 1.165) is 0 Å². The fourth-order valence-corrected chi connectivity index (χ4v) is 1.77. The molecule has 10 heavy (non-hydrogen) atoms. The molecule has 0 aliphatic carbocycles. The Labute approximate surface area is 63.4 Å². The zero-order chi connectivity index (χ0) is 8.04. The molecule has 0 aliphatic heterocycles. The second-order valence-corrected chi connectivity index (χ2v) is 4.98. The zero-order valence-corrected chi connectivity index (χ0v) is 6.78. The van der Waals surface area contributed by atoms with E-state index in [1.54, 1.807) is 0 Å². The van der Waals surface area contributed by atoms with Crippen LogP contribution in [-0.4, -0.2) is 18.7 Å². The molecule has 0 spiro atoms. The SMILES string of the molecule is N#CCCCSS(=O)(=O)O. The van der Waals surface area contributed by atoms with Crippen LogP contribution < -0.4 is 0 Å². The van der Waals surface area contributed by atoms with Gasteiger partial charge < -0.3 is 0 Å². The number of rotatable bonds is 4. The maximum absolute atomic E-state index is 10.0. The average molecular weight is 181 g/mol. The van der Waals surface area contributed by atoms with Gasteiger partial charge in [0.05, 0.1) is 6.07 Å². The van der Waals surface area contributed by atoms with E-state index in [-0.39, 0.29) is 5.75 Å². The number of unbranched alkanes of at least 4 members (excludes halogenated alkanes) is 1. The number of nitriles is 1. The Balaban J connectivity index is 3.32. The van der Waals surface area contributed by atoms with Crippen LogP contribution in [0, 0.1) is 11.3 Å². The van der Waals surface area contributed by atoms with Gasteiger partial charge in [-0.3, -0.25) is 4.55 Å². The van der Waals surface area contributed by atoms with Gasteiger partial charge in [0, 0.05) is 12.2 Å². The smallest absolute Gasteiger partial charge is 0.277 e. The van der Waals surface area contributed by atoms with Crippen molar-refractivity contribution in [3.63, 3.8) is 0 Å². The minimum Gasteiger partial charge on any atom is -0.277 e. The van der Waals surface area contributed by atoms with E-state index in [1.165, 1.54) is 0 Å². The van der Waals surface area contributed by atoms with Crippen molar-refractivity contribution in [1.29, 1.82) is 5.26 Å². The van der Waals surface area contributed by atoms with E-state index in [9.17, 15) is 8.42 Å². The van der Waals surface area contributed by atoms with E-state index in [1.807, 2.05) is 6.07 Å². The summed E-state index contributed by atoms with van der Waals surface area (Å²) in [4.78, 5) is 0. The van der Waals surface area contributed by atoms with E-state index < -0.39 is 9.15 Å². The zero-order valence-electron chi connectivity index (χ0n) is 5.15. The van der Waals surface area contributed by atoms with E-state index in [4.69, 9.17) is 9.81 Å². The predicted molar refractivity (Wildman–Crippen MR) is 38.9 cm³/mol. The first kappa shape index (κ1) is 9.75. The fraction of sp³-hybridized carbons (Fsp3) is 0.750. The molecular weight excluding hydrogens is 174 g/mol. The minimum atomic E-state index is -3.90. The summed E-state index contributed by atoms with van der Waals surface area (Å²) in [6, 6.07) is 1.86. The molecule has 0 atom stereocenters. The number of hydrogen-bond donors (Lipinski definition) is 1. The lowest BCUT2D eigenvalue weighted by atomic mass is 10.4. The molecule has 0 amide bonds. The van der Waals surface area contributed by atoms with Gasteiger partial charge in [-0.05, 0) is 17.2 Å². The second-order valence-electron chi connectivity index (χ2n) is 1.51. The second kappa shape index (κ2) is 4.55. The molecule has 6 heteroatoms. The molecule has 4 nitrogen and oxygen atoms in total. The normalized spacial score (nSPS) is 10.8. The third kappa shape index (κ3) is 7.75. The van der Waals surface area contributed by atoms with Crippen molar-refractivity contribution in [2.24, 2.45) is 0 Å². The molecular formula is C4H7NO3S2. The summed E-state index contributed by atoms with van der Waals surface area (Å²) in [5.41, 5.74) is 0. The van der Waals surface area contributed by atoms with E-state index >= 15 is 0 Å². The van der Waals surface area contributed by atoms with Gasteiger partial charge in [0.2, 0.25) is 0 Å². The Morgan fingerprint density at radius 3 is 2.60 bits per heavy atom. The summed E-state index contributed by atoms with van der Waals surface area (Å²) in [7, 11) is -3.45. The molecule has 1 N–H and O–H groups in total. The molecule has 0 fully saturated rings. The highest BCUT2D eigenvalue weighted by molar-refractivity contribution is 8.69. The van der Waals surface area contributed by atoms with Crippen molar-refractivity contribution >= 4 is 19.9 Å². The number of nitrogens with zero attached hydrogens (tertiary/aromatic N) is 1. The third-order valence-electron chi connectivity index (χ3n) is 0.665. The van der Waals surface area contributed by atoms with Crippen molar-refractivity contribution in [3.05, 3.63) is 0 Å². The molecule has 0 aromatic carbocycles. The Kier molecular flexibility index (Phi) is 4.43. The first-order chi connectivity index (χ1) is 4.56. The fourth-order valence-electron chi connectivity index (χ4n) is 0.315. The van der Waals surface area contributed by atoms with Crippen molar-refractivity contribution < 1.29 is 13.0 Å². The Morgan fingerprint density at radius 1 is 1.60 bits per heavy atom. The van der Waals surface area contributed by atoms with Gasteiger partial charge in [-0.2, -0.15) is 13.7 Å². The molecule has 0 unspecified atom stereocenters. The van der Waals surface area contributed by atoms with Gasteiger partial charge in [-0.1, -0.05) is 0 Å². The summed E-state index contributed by atoms with van der Waals surface area (Å²) in [5, 5.41) is 8.02. The summed E-state index contributed by atoms with van der Waals surface area (Å²) in [6.45, 7) is 0. The first-order valence-corrected chi connectivity index (χ1v) is 5.49. The lowest BCUT2D eigenvalue weighted by molar-refractivity contribution is 0.503. The molecule has 0 bridgehead atoms. The Morgan fingerprint density at radius 2 is 2.20 bits per heavy atom. The summed E-state index contributed by atoms with van der Waals surface area (Å²) in [6.07, 6.45) is 0.809. The van der Waals surface area contributed by atoms with Crippen molar-refractivity contribution in [1.82, 2.24) is 0 Å². The van der Waals surface area contributed by atoms with E-state index in [0.29, 0.717) is 23.6 Å². The van der Waals surface area contributed by atoms with Crippen LogP contribution in [0.2, 0.25) is 0 Å². The van der Waals surface area contributed by atoms with Gasteiger partial charge in [0.15, 0.2) is 0 Å². The molecule has 0 aliphatic rings. The van der Waals surface area contributed by atoms with Gasteiger partial charge in [-0.25, -0.2) is 0 Å². The lowest BCUT2D eigenvalue weighted by Gasteiger charge is -1.91. The lowest BCUT2D eigenvalue weighted by Crippen LogP contribution is -1.91. The van der Waals surface area contributed by atoms with Gasteiger partial charge in [-0.15, -0.1) is 0 Å². The highest BCUT2D eigenvalue weighted by Gasteiger charge is 2.02. The Bertz CT molecular complexity index is 215. The van der Waals surface area contributed by atoms with Crippen LogP contribution in [0.25, 0.3) is 0 Å². The molecule has 0 rings (SSSR count). The van der Waals surface area contributed by atoms with Crippen molar-refractivity contribution in [2.45, 2.75) is 12.8 Å². The van der Waals surface area contributed by atoms with Crippen LogP contribution in [-0.2, 0) is 9.15 Å². The molecule has 0 aromatic heterocycles. The standard InChI is InChI=1S/C4H7NO3S2/c5-3-1-2-4-9-10(6,7)8/h1-2,4H2,(H,6,7,8). The van der Waals surface area contributed by atoms with Gasteiger partial charge >= 0.3 is 9.15 Å². The van der Waals surface area contributed by atoms with Crippen LogP contribution in [0.1, 0.15) is 12.8 Å². The topological polar surface area (TPSA) is 78.2 Å². The largest absolute Gasteiger partial charge is 0.319 e. The molecule has 0 heterocycles. The van der Waals surface area contributed by atoms with Crippen molar-refractivity contribution in [2.75, 3.05) is 5.75 Å². The highest BCUT2D eigenvalue weighted by Crippen LogP contribution is 2.10. The van der Waals surface area contributed by atoms with Crippen LogP contribution in [0.3, 0.4) is 0 Å². The highest BCUT2D eigenvalue weighted by atomic mass is 33.1. The van der Waals surface area contributed by atoms with Crippen LogP contribution in [0.4, 0.5) is 0 Å². The van der Waals surface area contributed by atoms with E-state index in [2.05, 4.69) is 0 Å². The third-order valence-corrected chi connectivity index (χ3v) is 2.81. The Hall–Kier alpha value is -0.250. The molecule has 58 valence electrons. The maximum Gasteiger partial charge on any atom is 0.319 e. The minimum absolute atomic E-state index is 0.270. The predicted octanol–water partition coefficient (Wildman–Crippen LogP) is 0.826.